The maximum atomic E-state index is 4.73. The smallest absolute Gasteiger partial charge is 0.191 e. The fourth-order valence-electron chi connectivity index (χ4n) is 2.88. The Balaban J connectivity index is 1.48. The van der Waals surface area contributed by atoms with Gasteiger partial charge in [-0.1, -0.05) is 19.1 Å². The molecule has 0 radical (unpaired) electrons. The summed E-state index contributed by atoms with van der Waals surface area (Å²) in [5, 5.41) is 11.1. The molecule has 0 aliphatic rings. The maximum Gasteiger partial charge on any atom is 0.191 e. The van der Waals surface area contributed by atoms with Crippen LogP contribution in [-0.2, 0) is 6.54 Å². The molecule has 1 unspecified atom stereocenters. The average molecular weight is 370 g/mol. The SMILES string of the molecule is CCNC(=NCC(C)c1ccsc1)NCCCn1cnc2ccccc21. The monoisotopic (exact) mass is 369 g/mol. The van der Waals surface area contributed by atoms with Gasteiger partial charge in [0.15, 0.2) is 5.96 Å². The molecule has 2 aromatic heterocycles. The van der Waals surface area contributed by atoms with Crippen LogP contribution < -0.4 is 10.6 Å². The molecule has 0 fully saturated rings. The second kappa shape index (κ2) is 9.38. The molecule has 1 atom stereocenters. The van der Waals surface area contributed by atoms with Crippen LogP contribution in [0.5, 0.6) is 0 Å². The van der Waals surface area contributed by atoms with E-state index in [1.807, 2.05) is 12.4 Å². The summed E-state index contributed by atoms with van der Waals surface area (Å²) in [6.45, 7) is 7.79. The summed E-state index contributed by atoms with van der Waals surface area (Å²) >= 11 is 1.74. The highest BCUT2D eigenvalue weighted by Crippen LogP contribution is 2.18. The molecule has 0 bridgehead atoms. The van der Waals surface area contributed by atoms with Crippen LogP contribution in [0.15, 0.2) is 52.4 Å². The molecule has 0 saturated carbocycles. The van der Waals surface area contributed by atoms with Crippen molar-refractivity contribution in [1.82, 2.24) is 20.2 Å². The van der Waals surface area contributed by atoms with E-state index in [0.717, 1.165) is 44.1 Å². The van der Waals surface area contributed by atoms with Gasteiger partial charge in [-0.2, -0.15) is 11.3 Å². The van der Waals surface area contributed by atoms with Gasteiger partial charge in [0.2, 0.25) is 0 Å². The van der Waals surface area contributed by atoms with Crippen molar-refractivity contribution < 1.29 is 0 Å². The number of nitrogens with one attached hydrogen (secondary N) is 2. The summed E-state index contributed by atoms with van der Waals surface area (Å²) < 4.78 is 2.21. The number of para-hydroxylation sites is 2. The van der Waals surface area contributed by atoms with E-state index in [2.05, 4.69) is 69.1 Å². The fraction of sp³-hybridized carbons (Fsp3) is 0.400. The molecular weight excluding hydrogens is 342 g/mol. The van der Waals surface area contributed by atoms with Gasteiger partial charge >= 0.3 is 0 Å². The number of guanidine groups is 1. The van der Waals surface area contributed by atoms with Gasteiger partial charge < -0.3 is 15.2 Å². The zero-order chi connectivity index (χ0) is 18.2. The molecule has 138 valence electrons. The van der Waals surface area contributed by atoms with Crippen LogP contribution in [0.25, 0.3) is 11.0 Å². The van der Waals surface area contributed by atoms with Crippen LogP contribution in [0.3, 0.4) is 0 Å². The number of aryl methyl sites for hydroxylation is 1. The van der Waals surface area contributed by atoms with E-state index >= 15 is 0 Å². The molecule has 3 aromatic rings. The Bertz CT molecular complexity index is 822. The molecule has 0 amide bonds. The van der Waals surface area contributed by atoms with Crippen LogP contribution in [0, 0.1) is 0 Å². The number of hydrogen-bond donors (Lipinski definition) is 2. The maximum absolute atomic E-state index is 4.73. The number of rotatable bonds is 8. The van der Waals surface area contributed by atoms with Gasteiger partial charge in [0.05, 0.1) is 17.4 Å². The molecule has 0 aliphatic carbocycles. The Morgan fingerprint density at radius 2 is 2.15 bits per heavy atom. The van der Waals surface area contributed by atoms with Gasteiger partial charge in [0, 0.05) is 32.1 Å². The van der Waals surface area contributed by atoms with Crippen molar-refractivity contribution in [1.29, 1.82) is 0 Å². The molecule has 1 aromatic carbocycles. The Morgan fingerprint density at radius 1 is 1.27 bits per heavy atom. The largest absolute Gasteiger partial charge is 0.357 e. The lowest BCUT2D eigenvalue weighted by Crippen LogP contribution is -2.38. The minimum Gasteiger partial charge on any atom is -0.357 e. The summed E-state index contributed by atoms with van der Waals surface area (Å²) in [6.07, 6.45) is 2.94. The number of nitrogens with zero attached hydrogens (tertiary/aromatic N) is 3. The van der Waals surface area contributed by atoms with Crippen molar-refractivity contribution in [3.8, 4) is 0 Å². The molecule has 3 rings (SSSR count). The molecule has 0 spiro atoms. The van der Waals surface area contributed by atoms with Gasteiger partial charge in [-0.15, -0.1) is 0 Å². The minimum atomic E-state index is 0.439. The van der Waals surface area contributed by atoms with Crippen molar-refractivity contribution in [3.05, 3.63) is 53.0 Å². The van der Waals surface area contributed by atoms with Crippen LogP contribution in [0.4, 0.5) is 0 Å². The third kappa shape index (κ3) is 4.85. The van der Waals surface area contributed by atoms with Crippen molar-refractivity contribution >= 4 is 28.3 Å². The number of imidazole rings is 1. The lowest BCUT2D eigenvalue weighted by atomic mass is 10.1. The Kier molecular flexibility index (Phi) is 6.66. The number of aliphatic imine (C=N–C) groups is 1. The Morgan fingerprint density at radius 3 is 2.96 bits per heavy atom. The summed E-state index contributed by atoms with van der Waals surface area (Å²) in [6, 6.07) is 10.4. The van der Waals surface area contributed by atoms with Crippen molar-refractivity contribution in [2.24, 2.45) is 4.99 Å². The second-order valence-corrected chi connectivity index (χ2v) is 7.16. The third-order valence-electron chi connectivity index (χ3n) is 4.38. The van der Waals surface area contributed by atoms with Gasteiger partial charge in [-0.25, -0.2) is 4.98 Å². The van der Waals surface area contributed by atoms with E-state index in [0.29, 0.717) is 5.92 Å². The van der Waals surface area contributed by atoms with Crippen LogP contribution in [0.1, 0.15) is 31.7 Å². The predicted octanol–water partition coefficient (Wildman–Crippen LogP) is 3.85. The summed E-state index contributed by atoms with van der Waals surface area (Å²) in [7, 11) is 0. The molecule has 0 saturated heterocycles. The van der Waals surface area contributed by atoms with Gasteiger partial charge in [0.1, 0.15) is 0 Å². The lowest BCUT2D eigenvalue weighted by molar-refractivity contribution is 0.636. The number of fused-ring (bicyclic) bond motifs is 1. The van der Waals surface area contributed by atoms with Crippen molar-refractivity contribution in [2.75, 3.05) is 19.6 Å². The first kappa shape index (κ1) is 18.5. The fourth-order valence-corrected chi connectivity index (χ4v) is 3.66. The van der Waals surface area contributed by atoms with E-state index in [-0.39, 0.29) is 0 Å². The minimum absolute atomic E-state index is 0.439. The number of hydrogen-bond acceptors (Lipinski definition) is 3. The number of thiophene rings is 1. The highest BCUT2D eigenvalue weighted by Gasteiger charge is 2.06. The van der Waals surface area contributed by atoms with Crippen molar-refractivity contribution in [2.45, 2.75) is 32.7 Å². The summed E-state index contributed by atoms with van der Waals surface area (Å²) in [4.78, 5) is 9.18. The zero-order valence-electron chi connectivity index (χ0n) is 15.5. The topological polar surface area (TPSA) is 54.2 Å². The first-order valence-electron chi connectivity index (χ1n) is 9.22. The van der Waals surface area contributed by atoms with Gasteiger partial charge in [-0.05, 0) is 47.9 Å². The first-order valence-corrected chi connectivity index (χ1v) is 10.2. The molecule has 0 aliphatic heterocycles. The molecule has 2 N–H and O–H groups in total. The normalized spacial score (nSPS) is 13.1. The standard InChI is InChI=1S/C20H27N5S/c1-3-21-20(23-13-16(2)17-9-12-26-14-17)22-10-6-11-25-15-24-18-7-4-5-8-19(18)25/h4-5,7-9,12,14-16H,3,6,10-11,13H2,1-2H3,(H2,21,22,23). The highest BCUT2D eigenvalue weighted by atomic mass is 32.1. The average Bonchev–Trinajstić information content (AvgIpc) is 3.33. The molecule has 6 heteroatoms. The summed E-state index contributed by atoms with van der Waals surface area (Å²) in [5.74, 6) is 1.33. The van der Waals surface area contributed by atoms with E-state index < -0.39 is 0 Å². The first-order chi connectivity index (χ1) is 12.8. The quantitative estimate of drug-likeness (QED) is 0.360. The number of benzene rings is 1. The summed E-state index contributed by atoms with van der Waals surface area (Å²) in [5.41, 5.74) is 3.61. The van der Waals surface area contributed by atoms with E-state index in [1.165, 1.54) is 11.1 Å². The predicted molar refractivity (Wildman–Crippen MR) is 111 cm³/mol. The molecule has 5 nitrogen and oxygen atoms in total. The molecule has 2 heterocycles. The zero-order valence-corrected chi connectivity index (χ0v) is 16.3. The van der Waals surface area contributed by atoms with E-state index in [4.69, 9.17) is 4.99 Å². The van der Waals surface area contributed by atoms with Crippen LogP contribution >= 0.6 is 11.3 Å². The third-order valence-corrected chi connectivity index (χ3v) is 5.08. The second-order valence-electron chi connectivity index (χ2n) is 6.38. The van der Waals surface area contributed by atoms with E-state index in [1.54, 1.807) is 11.3 Å². The van der Waals surface area contributed by atoms with Gasteiger partial charge in [-0.3, -0.25) is 4.99 Å². The van der Waals surface area contributed by atoms with Crippen molar-refractivity contribution in [3.63, 3.8) is 0 Å². The highest BCUT2D eigenvalue weighted by molar-refractivity contribution is 7.07. The lowest BCUT2D eigenvalue weighted by Gasteiger charge is -2.13. The van der Waals surface area contributed by atoms with E-state index in [9.17, 15) is 0 Å². The van der Waals surface area contributed by atoms with Gasteiger partial charge in [0.25, 0.3) is 0 Å². The van der Waals surface area contributed by atoms with Crippen LogP contribution in [0.2, 0.25) is 0 Å². The molecular formula is C20H27N5S. The molecule has 26 heavy (non-hydrogen) atoms. The Labute approximate surface area is 159 Å². The van der Waals surface area contributed by atoms with Crippen LogP contribution in [-0.4, -0.2) is 35.1 Å². The Hall–Kier alpha value is -2.34. The number of aromatic nitrogens is 2.